The number of benzene rings is 1. The van der Waals surface area contributed by atoms with Gasteiger partial charge in [-0.25, -0.2) is 4.39 Å². The third-order valence-electron chi connectivity index (χ3n) is 3.50. The normalized spacial score (nSPS) is 14.4. The predicted molar refractivity (Wildman–Crippen MR) is 78.3 cm³/mol. The van der Waals surface area contributed by atoms with Crippen LogP contribution in [0.15, 0.2) is 18.2 Å². The summed E-state index contributed by atoms with van der Waals surface area (Å²) in [6.45, 7) is 6.79. The van der Waals surface area contributed by atoms with E-state index in [2.05, 4.69) is 19.2 Å². The van der Waals surface area contributed by atoms with Crippen molar-refractivity contribution in [3.8, 4) is 0 Å². The van der Waals surface area contributed by atoms with Crippen LogP contribution >= 0.6 is 11.6 Å². The van der Waals surface area contributed by atoms with Gasteiger partial charge in [-0.05, 0) is 36.0 Å². The summed E-state index contributed by atoms with van der Waals surface area (Å²) in [6, 6.07) is 5.06. The van der Waals surface area contributed by atoms with Crippen molar-refractivity contribution in [3.05, 3.63) is 34.6 Å². The second-order valence-corrected chi connectivity index (χ2v) is 5.67. The topological polar surface area (TPSA) is 21.3 Å². The summed E-state index contributed by atoms with van der Waals surface area (Å²) in [5.74, 6) is -0.343. The molecule has 1 aromatic carbocycles. The monoisotopic (exact) mass is 287 g/mol. The molecular weight excluding hydrogens is 265 g/mol. The number of nitrogens with one attached hydrogen (secondary N) is 1. The van der Waals surface area contributed by atoms with Gasteiger partial charge >= 0.3 is 0 Å². The van der Waals surface area contributed by atoms with Crippen LogP contribution in [0.1, 0.15) is 25.8 Å². The molecule has 0 spiro atoms. The second-order valence-electron chi connectivity index (χ2n) is 5.26. The maximum absolute atomic E-state index is 13.4. The molecule has 0 aliphatic heterocycles. The average molecular weight is 288 g/mol. The lowest BCUT2D eigenvalue weighted by Crippen LogP contribution is -2.34. The second kappa shape index (κ2) is 7.83. The Morgan fingerprint density at radius 3 is 2.74 bits per heavy atom. The van der Waals surface area contributed by atoms with E-state index in [4.69, 9.17) is 16.3 Å². The maximum atomic E-state index is 13.4. The van der Waals surface area contributed by atoms with Crippen molar-refractivity contribution in [2.24, 2.45) is 5.41 Å². The van der Waals surface area contributed by atoms with Crippen LogP contribution < -0.4 is 5.32 Å². The summed E-state index contributed by atoms with van der Waals surface area (Å²) in [5, 5.41) is 3.56. The lowest BCUT2D eigenvalue weighted by atomic mass is 9.81. The van der Waals surface area contributed by atoms with Gasteiger partial charge in [0.15, 0.2) is 0 Å². The Balaban J connectivity index is 2.60. The molecule has 4 heteroatoms. The van der Waals surface area contributed by atoms with Crippen LogP contribution in [0.25, 0.3) is 0 Å². The molecule has 0 saturated carbocycles. The largest absolute Gasteiger partial charge is 0.383 e. The van der Waals surface area contributed by atoms with E-state index in [1.54, 1.807) is 13.2 Å². The van der Waals surface area contributed by atoms with Crippen molar-refractivity contribution < 1.29 is 9.13 Å². The van der Waals surface area contributed by atoms with Crippen LogP contribution in [0.3, 0.4) is 0 Å². The molecule has 0 fully saturated rings. The Kier molecular flexibility index (Phi) is 6.76. The summed E-state index contributed by atoms with van der Waals surface area (Å²) in [7, 11) is 1.69. The molecule has 1 atom stereocenters. The van der Waals surface area contributed by atoms with Crippen LogP contribution in [-0.4, -0.2) is 26.8 Å². The Bertz CT molecular complexity index is 400. The molecule has 1 unspecified atom stereocenters. The van der Waals surface area contributed by atoms with Crippen LogP contribution in [-0.2, 0) is 11.2 Å². The van der Waals surface area contributed by atoms with Crippen molar-refractivity contribution >= 4 is 11.6 Å². The minimum Gasteiger partial charge on any atom is -0.383 e. The van der Waals surface area contributed by atoms with E-state index in [1.165, 1.54) is 6.07 Å². The van der Waals surface area contributed by atoms with E-state index < -0.39 is 0 Å². The lowest BCUT2D eigenvalue weighted by Gasteiger charge is -2.29. The number of hydrogen-bond donors (Lipinski definition) is 1. The Hall–Kier alpha value is -0.640. The molecule has 2 nitrogen and oxygen atoms in total. The zero-order chi connectivity index (χ0) is 14.3. The summed E-state index contributed by atoms with van der Waals surface area (Å²) in [5.41, 5.74) is 1.09. The van der Waals surface area contributed by atoms with Crippen molar-refractivity contribution in [1.82, 2.24) is 5.32 Å². The van der Waals surface area contributed by atoms with Crippen molar-refractivity contribution in [2.45, 2.75) is 26.7 Å². The van der Waals surface area contributed by atoms with Crippen LogP contribution in [0.5, 0.6) is 0 Å². The Labute approximate surface area is 120 Å². The zero-order valence-corrected chi connectivity index (χ0v) is 12.7. The van der Waals surface area contributed by atoms with Gasteiger partial charge in [0.25, 0.3) is 0 Å². The predicted octanol–water partition coefficient (Wildman–Crippen LogP) is 3.67. The van der Waals surface area contributed by atoms with E-state index in [0.717, 1.165) is 31.5 Å². The van der Waals surface area contributed by atoms with Gasteiger partial charge in [0.1, 0.15) is 5.82 Å². The van der Waals surface area contributed by atoms with Gasteiger partial charge in [0, 0.05) is 20.2 Å². The van der Waals surface area contributed by atoms with Gasteiger partial charge in [-0.3, -0.25) is 0 Å². The van der Waals surface area contributed by atoms with Crippen molar-refractivity contribution in [2.75, 3.05) is 26.8 Å². The maximum Gasteiger partial charge on any atom is 0.142 e. The minimum absolute atomic E-state index is 0.105. The Morgan fingerprint density at radius 2 is 2.16 bits per heavy atom. The van der Waals surface area contributed by atoms with Gasteiger partial charge in [-0.15, -0.1) is 0 Å². The molecule has 108 valence electrons. The fourth-order valence-electron chi connectivity index (χ4n) is 2.02. The summed E-state index contributed by atoms with van der Waals surface area (Å²) in [4.78, 5) is 0. The first-order valence-corrected chi connectivity index (χ1v) is 7.02. The third kappa shape index (κ3) is 5.47. The third-order valence-corrected chi connectivity index (χ3v) is 3.81. The fraction of sp³-hybridized carbons (Fsp3) is 0.600. The molecule has 0 radical (unpaired) electrons. The molecule has 0 aliphatic rings. The van der Waals surface area contributed by atoms with Gasteiger partial charge < -0.3 is 10.1 Å². The standard InChI is InChI=1S/C15H23ClFNO/c1-4-15(2,11-18-7-8-19-3)10-12-5-6-13(16)14(17)9-12/h5-6,9,18H,4,7-8,10-11H2,1-3H3. The molecular formula is C15H23ClFNO. The molecule has 1 N–H and O–H groups in total. The molecule has 19 heavy (non-hydrogen) atoms. The van der Waals surface area contributed by atoms with Crippen LogP contribution in [0, 0.1) is 11.2 Å². The molecule has 0 aromatic heterocycles. The van der Waals surface area contributed by atoms with Crippen LogP contribution in [0.4, 0.5) is 4.39 Å². The highest BCUT2D eigenvalue weighted by Crippen LogP contribution is 2.27. The summed E-state index contributed by atoms with van der Waals surface area (Å²) >= 11 is 5.70. The highest BCUT2D eigenvalue weighted by molar-refractivity contribution is 6.30. The van der Waals surface area contributed by atoms with E-state index in [0.29, 0.717) is 6.61 Å². The summed E-state index contributed by atoms with van der Waals surface area (Å²) < 4.78 is 18.5. The highest BCUT2D eigenvalue weighted by atomic mass is 35.5. The van der Waals surface area contributed by atoms with E-state index >= 15 is 0 Å². The van der Waals surface area contributed by atoms with E-state index in [-0.39, 0.29) is 16.3 Å². The first-order chi connectivity index (χ1) is 9.00. The van der Waals surface area contributed by atoms with Crippen molar-refractivity contribution in [1.29, 1.82) is 0 Å². The minimum atomic E-state index is -0.343. The first kappa shape index (κ1) is 16.4. The van der Waals surface area contributed by atoms with E-state index in [1.807, 2.05) is 6.07 Å². The van der Waals surface area contributed by atoms with Gasteiger partial charge in [0.2, 0.25) is 0 Å². The molecule has 0 heterocycles. The molecule has 1 rings (SSSR count). The molecule has 0 saturated heterocycles. The summed E-state index contributed by atoms with van der Waals surface area (Å²) in [6.07, 6.45) is 1.86. The quantitative estimate of drug-likeness (QED) is 0.737. The molecule has 1 aromatic rings. The number of ether oxygens (including phenoxy) is 1. The Morgan fingerprint density at radius 1 is 1.42 bits per heavy atom. The average Bonchev–Trinajstić information content (AvgIpc) is 2.39. The smallest absolute Gasteiger partial charge is 0.142 e. The molecule has 0 aliphatic carbocycles. The van der Waals surface area contributed by atoms with Gasteiger partial charge in [-0.1, -0.05) is 31.5 Å². The highest BCUT2D eigenvalue weighted by Gasteiger charge is 2.22. The van der Waals surface area contributed by atoms with Gasteiger partial charge in [-0.2, -0.15) is 0 Å². The van der Waals surface area contributed by atoms with Gasteiger partial charge in [0.05, 0.1) is 11.6 Å². The zero-order valence-electron chi connectivity index (χ0n) is 11.9. The number of hydrogen-bond acceptors (Lipinski definition) is 2. The van der Waals surface area contributed by atoms with Crippen molar-refractivity contribution in [3.63, 3.8) is 0 Å². The first-order valence-electron chi connectivity index (χ1n) is 6.64. The number of rotatable bonds is 8. The van der Waals surface area contributed by atoms with Crippen LogP contribution in [0.2, 0.25) is 5.02 Å². The van der Waals surface area contributed by atoms with E-state index in [9.17, 15) is 4.39 Å². The lowest BCUT2D eigenvalue weighted by molar-refractivity contribution is 0.191. The SMILES string of the molecule is CCC(C)(CNCCOC)Cc1ccc(Cl)c(F)c1. The molecule has 0 amide bonds. The number of methoxy groups -OCH3 is 1. The fourth-order valence-corrected chi connectivity index (χ4v) is 2.14. The molecule has 0 bridgehead atoms. The number of halogens is 2.